The molecular formula is C13H20N3O4+. The first-order chi connectivity index (χ1) is 9.47. The van der Waals surface area contributed by atoms with Gasteiger partial charge in [-0.3, -0.25) is 4.79 Å². The van der Waals surface area contributed by atoms with E-state index in [1.165, 1.54) is 12.1 Å². The van der Waals surface area contributed by atoms with Gasteiger partial charge in [0.25, 0.3) is 5.91 Å². The lowest BCUT2D eigenvalue weighted by atomic mass is 10.1. The Labute approximate surface area is 117 Å². The van der Waals surface area contributed by atoms with E-state index in [4.69, 9.17) is 4.74 Å². The third-order valence-electron chi connectivity index (χ3n) is 2.65. The lowest BCUT2D eigenvalue weighted by molar-refractivity contribution is -0.403. The fourth-order valence-electron chi connectivity index (χ4n) is 1.63. The average molecular weight is 282 g/mol. The zero-order valence-electron chi connectivity index (χ0n) is 11.6. The van der Waals surface area contributed by atoms with Gasteiger partial charge in [-0.2, -0.15) is 0 Å². The Morgan fingerprint density at radius 3 is 2.75 bits per heavy atom. The van der Waals surface area contributed by atoms with Crippen LogP contribution in [0.1, 0.15) is 12.5 Å². The molecule has 0 unspecified atom stereocenters. The summed E-state index contributed by atoms with van der Waals surface area (Å²) in [5.41, 5.74) is 4.49. The lowest BCUT2D eigenvalue weighted by Crippen LogP contribution is -2.68. The van der Waals surface area contributed by atoms with E-state index in [0.29, 0.717) is 13.0 Å². The van der Waals surface area contributed by atoms with Crippen molar-refractivity contribution in [3.63, 3.8) is 0 Å². The van der Waals surface area contributed by atoms with Crippen LogP contribution in [-0.4, -0.2) is 36.7 Å². The molecule has 1 aromatic rings. The van der Waals surface area contributed by atoms with Crippen LogP contribution < -0.4 is 21.1 Å². The number of ether oxygens (including phenoxy) is 1. The summed E-state index contributed by atoms with van der Waals surface area (Å²) < 4.78 is 4.97. The minimum atomic E-state index is -0.641. The van der Waals surface area contributed by atoms with E-state index in [1.807, 2.05) is 0 Å². The van der Waals surface area contributed by atoms with E-state index in [-0.39, 0.29) is 17.4 Å². The number of carbonyl (C=O) groups is 2. The van der Waals surface area contributed by atoms with Crippen LogP contribution in [0.3, 0.4) is 0 Å². The summed E-state index contributed by atoms with van der Waals surface area (Å²) in [5, 5.41) is 14.6. The van der Waals surface area contributed by atoms with Crippen molar-refractivity contribution in [3.05, 3.63) is 23.8 Å². The molecule has 7 heteroatoms. The van der Waals surface area contributed by atoms with Crippen molar-refractivity contribution in [3.8, 4) is 11.5 Å². The molecule has 0 aromatic heterocycles. The molecule has 0 fully saturated rings. The molecule has 0 heterocycles. The maximum Gasteiger partial charge on any atom is 0.412 e. The highest BCUT2D eigenvalue weighted by atomic mass is 16.6. The Morgan fingerprint density at radius 2 is 2.15 bits per heavy atom. The van der Waals surface area contributed by atoms with Crippen molar-refractivity contribution < 1.29 is 25.2 Å². The van der Waals surface area contributed by atoms with Crippen LogP contribution in [-0.2, 0) is 11.2 Å². The third kappa shape index (κ3) is 4.43. The average Bonchev–Trinajstić information content (AvgIpc) is 2.41. The van der Waals surface area contributed by atoms with Gasteiger partial charge in [0.2, 0.25) is 0 Å². The number of likely N-dealkylation sites (N-methyl/N-ethyl adjacent to an activating group) is 1. The van der Waals surface area contributed by atoms with Crippen LogP contribution in [0, 0.1) is 0 Å². The van der Waals surface area contributed by atoms with Crippen molar-refractivity contribution in [1.29, 1.82) is 0 Å². The molecule has 0 saturated carbocycles. The molecule has 0 spiro atoms. The first kappa shape index (κ1) is 15.8. The molecule has 1 rings (SSSR count). The van der Waals surface area contributed by atoms with Gasteiger partial charge >= 0.3 is 6.09 Å². The maximum atomic E-state index is 11.4. The van der Waals surface area contributed by atoms with Crippen molar-refractivity contribution in [2.24, 2.45) is 0 Å². The predicted molar refractivity (Wildman–Crippen MR) is 72.3 cm³/mol. The molecule has 0 bridgehead atoms. The fourth-order valence-corrected chi connectivity index (χ4v) is 1.63. The van der Waals surface area contributed by atoms with E-state index >= 15 is 0 Å². The van der Waals surface area contributed by atoms with E-state index in [1.54, 1.807) is 20.0 Å². The molecule has 20 heavy (non-hydrogen) atoms. The number of quaternary nitrogens is 1. The van der Waals surface area contributed by atoms with Gasteiger partial charge in [0, 0.05) is 20.0 Å². The zero-order chi connectivity index (χ0) is 15.1. The second kappa shape index (κ2) is 7.34. The van der Waals surface area contributed by atoms with Crippen LogP contribution in [0.15, 0.2) is 18.2 Å². The minimum absolute atomic E-state index is 0.0533. The van der Waals surface area contributed by atoms with Crippen molar-refractivity contribution in [1.82, 2.24) is 10.6 Å². The molecule has 0 saturated heterocycles. The Morgan fingerprint density at radius 1 is 1.45 bits per heavy atom. The third-order valence-corrected chi connectivity index (χ3v) is 2.65. The SMILES string of the molecule is CCNC(=O)Oc1cc(C[C@H]([NH3+])C(=O)NC)ccc1O. The van der Waals surface area contributed by atoms with Crippen LogP contribution >= 0.6 is 0 Å². The van der Waals surface area contributed by atoms with Crippen LogP contribution in [0.25, 0.3) is 0 Å². The first-order valence-electron chi connectivity index (χ1n) is 6.30. The zero-order valence-corrected chi connectivity index (χ0v) is 11.6. The highest BCUT2D eigenvalue weighted by Crippen LogP contribution is 2.27. The number of phenols is 1. The van der Waals surface area contributed by atoms with Gasteiger partial charge in [-0.1, -0.05) is 6.07 Å². The minimum Gasteiger partial charge on any atom is -0.504 e. The molecule has 0 radical (unpaired) electrons. The number of benzene rings is 1. The largest absolute Gasteiger partial charge is 0.504 e. The second-order valence-electron chi connectivity index (χ2n) is 4.24. The number of carbonyl (C=O) groups excluding carboxylic acids is 2. The van der Waals surface area contributed by atoms with Gasteiger partial charge in [0.05, 0.1) is 0 Å². The van der Waals surface area contributed by atoms with Crippen LogP contribution in [0.4, 0.5) is 4.79 Å². The maximum absolute atomic E-state index is 11.4. The molecule has 7 nitrogen and oxygen atoms in total. The van der Waals surface area contributed by atoms with Gasteiger partial charge in [0.1, 0.15) is 0 Å². The Hall–Kier alpha value is -2.28. The normalized spacial score (nSPS) is 11.6. The number of phenolic OH excluding ortho intramolecular Hbond substituents is 1. The summed E-state index contributed by atoms with van der Waals surface area (Å²) in [7, 11) is 1.54. The van der Waals surface area contributed by atoms with E-state index in [0.717, 1.165) is 5.56 Å². The van der Waals surface area contributed by atoms with Crippen molar-refractivity contribution in [2.75, 3.05) is 13.6 Å². The number of hydrogen-bond acceptors (Lipinski definition) is 4. The molecule has 0 aliphatic heterocycles. The molecular weight excluding hydrogens is 262 g/mol. The summed E-state index contributed by atoms with van der Waals surface area (Å²) in [6, 6.07) is 4.13. The molecule has 6 N–H and O–H groups in total. The van der Waals surface area contributed by atoms with E-state index in [9.17, 15) is 14.7 Å². The Bertz CT molecular complexity index is 491. The highest BCUT2D eigenvalue weighted by Gasteiger charge is 2.17. The second-order valence-corrected chi connectivity index (χ2v) is 4.24. The number of aromatic hydroxyl groups is 1. The number of rotatable bonds is 5. The summed E-state index contributed by atoms with van der Waals surface area (Å²) in [4.78, 5) is 22.7. The molecule has 0 aliphatic rings. The Balaban J connectivity index is 2.80. The number of amides is 2. The summed E-state index contributed by atoms with van der Waals surface area (Å²) in [6.07, 6.45) is -0.261. The molecule has 1 aromatic carbocycles. The molecule has 2 amide bonds. The molecule has 1 atom stereocenters. The summed E-state index contributed by atoms with van der Waals surface area (Å²) >= 11 is 0. The van der Waals surface area contributed by atoms with Gasteiger partial charge in [0.15, 0.2) is 17.5 Å². The molecule has 0 aliphatic carbocycles. The van der Waals surface area contributed by atoms with Crippen molar-refractivity contribution in [2.45, 2.75) is 19.4 Å². The summed E-state index contributed by atoms with van der Waals surface area (Å²) in [5.74, 6) is -0.262. The monoisotopic (exact) mass is 282 g/mol. The van der Waals surface area contributed by atoms with Crippen molar-refractivity contribution >= 4 is 12.0 Å². The highest BCUT2D eigenvalue weighted by molar-refractivity contribution is 5.80. The summed E-state index contributed by atoms with van der Waals surface area (Å²) in [6.45, 7) is 2.19. The first-order valence-corrected chi connectivity index (χ1v) is 6.30. The standard InChI is InChI=1S/C13H19N3O4/c1-3-16-13(19)20-11-7-8(4-5-10(11)17)6-9(14)12(18)15-2/h4-5,7,9,17H,3,6,14H2,1-2H3,(H,15,18)(H,16,19)/p+1/t9-/m0/s1. The van der Waals surface area contributed by atoms with Gasteiger partial charge < -0.3 is 26.2 Å². The number of nitrogens with one attached hydrogen (secondary N) is 2. The van der Waals surface area contributed by atoms with Crippen LogP contribution in [0.2, 0.25) is 0 Å². The quantitative estimate of drug-likeness (QED) is 0.577. The lowest BCUT2D eigenvalue weighted by Gasteiger charge is -2.10. The van der Waals surface area contributed by atoms with Crippen LogP contribution in [0.5, 0.6) is 11.5 Å². The number of hydrogen-bond donors (Lipinski definition) is 4. The predicted octanol–water partition coefficient (Wildman–Crippen LogP) is -0.600. The van der Waals surface area contributed by atoms with E-state index < -0.39 is 12.1 Å². The topological polar surface area (TPSA) is 115 Å². The van der Waals surface area contributed by atoms with Gasteiger partial charge in [-0.05, 0) is 24.6 Å². The Kier molecular flexibility index (Phi) is 5.79. The fraction of sp³-hybridized carbons (Fsp3) is 0.385. The van der Waals surface area contributed by atoms with E-state index in [2.05, 4.69) is 16.4 Å². The molecule has 110 valence electrons. The van der Waals surface area contributed by atoms with Gasteiger partial charge in [-0.25, -0.2) is 4.79 Å². The smallest absolute Gasteiger partial charge is 0.412 e. The van der Waals surface area contributed by atoms with Gasteiger partial charge in [-0.15, -0.1) is 0 Å².